The molecule has 0 spiro atoms. The first-order valence-corrected chi connectivity index (χ1v) is 18.8. The van der Waals surface area contributed by atoms with Gasteiger partial charge in [-0.2, -0.15) is 19.8 Å². The third-order valence-corrected chi connectivity index (χ3v) is 10.9. The average molecular weight is 723 g/mol. The van der Waals surface area contributed by atoms with Crippen molar-refractivity contribution in [3.05, 3.63) is 143 Å². The Bertz CT molecular complexity index is 2310. The molecule has 258 valence electrons. The summed E-state index contributed by atoms with van der Waals surface area (Å²) in [4.78, 5) is 3.22. The van der Waals surface area contributed by atoms with Crippen LogP contribution in [0.15, 0.2) is 120 Å². The van der Waals surface area contributed by atoms with Gasteiger partial charge in [0.1, 0.15) is 10.1 Å². The molecular weight excluding hydrogens is 689 g/mol. The summed E-state index contributed by atoms with van der Waals surface area (Å²) in [6.45, 7) is 9.38. The maximum absolute atomic E-state index is 4.88. The van der Waals surface area contributed by atoms with Crippen LogP contribution in [0.4, 0.5) is 0 Å². The van der Waals surface area contributed by atoms with Gasteiger partial charge in [0.2, 0.25) is 11.6 Å². The summed E-state index contributed by atoms with van der Waals surface area (Å²) in [5, 5.41) is 38.7. The fraction of sp³-hybridized carbons (Fsp3) is 0.158. The van der Waals surface area contributed by atoms with E-state index >= 15 is 0 Å². The van der Waals surface area contributed by atoms with E-state index in [0.717, 1.165) is 54.8 Å². The number of tetrazole rings is 2. The largest absolute Gasteiger partial charge is 0.225 e. The molecule has 0 fully saturated rings. The highest BCUT2D eigenvalue weighted by Gasteiger charge is 2.25. The predicted molar refractivity (Wildman–Crippen MR) is 202 cm³/mol. The lowest BCUT2D eigenvalue weighted by Gasteiger charge is -2.13. The van der Waals surface area contributed by atoms with Crippen molar-refractivity contribution >= 4 is 21.6 Å². The Balaban J connectivity index is 1.19. The number of hydrogen-bond acceptors (Lipinski definition) is 10. The topological polar surface area (TPSA) is 123 Å². The van der Waals surface area contributed by atoms with E-state index in [9.17, 15) is 0 Å². The molecule has 4 aromatic carbocycles. The fourth-order valence-corrected chi connectivity index (χ4v) is 8.47. The second-order valence-electron chi connectivity index (χ2n) is 12.6. The van der Waals surface area contributed by atoms with Crippen molar-refractivity contribution in [2.75, 3.05) is 0 Å². The van der Waals surface area contributed by atoms with Crippen LogP contribution in [0.3, 0.4) is 0 Å². The predicted octanol–water partition coefficient (Wildman–Crippen LogP) is 7.49. The molecule has 0 unspecified atom stereocenters. The molecule has 12 nitrogen and oxygen atoms in total. The van der Waals surface area contributed by atoms with Gasteiger partial charge in [0.15, 0.2) is 0 Å². The molecule has 0 aliphatic carbocycles. The standard InChI is InChI=1S/C38H34N12S2/c1-25-15-17-33(27(3)19-25)49-37(31(21-39-49)35-41-45-47(43-35)23-29-11-7-5-8-12-29)51-52-38-32(22-40-50(38)34-18-16-26(2)20-28(34)4)36-42-46-48(44-36)24-30-13-9-6-10-14-30/h5-22H,23-24H2,1-4H3. The van der Waals surface area contributed by atoms with Gasteiger partial charge in [0.25, 0.3) is 0 Å². The number of rotatable bonds is 11. The quantitative estimate of drug-likeness (QED) is 0.124. The van der Waals surface area contributed by atoms with Gasteiger partial charge in [0, 0.05) is 0 Å². The fourth-order valence-electron chi connectivity index (χ4n) is 5.98. The van der Waals surface area contributed by atoms with E-state index in [1.54, 1.807) is 31.2 Å². The molecule has 0 saturated carbocycles. The summed E-state index contributed by atoms with van der Waals surface area (Å²) in [6, 6.07) is 32.9. The Hall–Kier alpha value is -5.86. The summed E-state index contributed by atoms with van der Waals surface area (Å²) in [5.74, 6) is 0.979. The molecule has 0 radical (unpaired) electrons. The van der Waals surface area contributed by atoms with E-state index < -0.39 is 0 Å². The monoisotopic (exact) mass is 722 g/mol. The van der Waals surface area contributed by atoms with Crippen molar-refractivity contribution in [3.63, 3.8) is 0 Å². The normalized spacial score (nSPS) is 11.4. The van der Waals surface area contributed by atoms with Gasteiger partial charge in [-0.15, -0.1) is 20.4 Å². The lowest BCUT2D eigenvalue weighted by molar-refractivity contribution is 0.573. The Labute approximate surface area is 308 Å². The zero-order valence-electron chi connectivity index (χ0n) is 29.0. The Kier molecular flexibility index (Phi) is 9.22. The Morgan fingerprint density at radius 3 is 1.35 bits per heavy atom. The SMILES string of the molecule is Cc1ccc(-n2ncc(-c3nnn(Cc4ccccc4)n3)c2SSc2c(-c3nnn(Cc4ccccc4)n3)cnn2-c2ccc(C)cc2C)c(C)c1. The second kappa shape index (κ2) is 14.4. The number of aryl methyl sites for hydroxylation is 4. The number of hydrogen-bond donors (Lipinski definition) is 0. The summed E-state index contributed by atoms with van der Waals surface area (Å²) >= 11 is 0. The first kappa shape index (κ1) is 33.3. The van der Waals surface area contributed by atoms with Crippen molar-refractivity contribution in [1.29, 1.82) is 0 Å². The zero-order valence-corrected chi connectivity index (χ0v) is 30.6. The van der Waals surface area contributed by atoms with Crippen LogP contribution in [0.25, 0.3) is 34.2 Å². The van der Waals surface area contributed by atoms with Gasteiger partial charge in [-0.3, -0.25) is 0 Å². The maximum atomic E-state index is 4.88. The van der Waals surface area contributed by atoms with E-state index in [1.165, 1.54) is 11.1 Å². The highest BCUT2D eigenvalue weighted by Crippen LogP contribution is 2.46. The third-order valence-electron chi connectivity index (χ3n) is 8.53. The van der Waals surface area contributed by atoms with Crippen molar-refractivity contribution in [1.82, 2.24) is 60.0 Å². The molecule has 0 amide bonds. The summed E-state index contributed by atoms with van der Waals surface area (Å²) in [6.07, 6.45) is 3.62. The number of nitrogens with zero attached hydrogens (tertiary/aromatic N) is 12. The molecule has 0 aliphatic rings. The van der Waals surface area contributed by atoms with E-state index in [4.69, 9.17) is 20.4 Å². The molecule has 8 aromatic rings. The highest BCUT2D eigenvalue weighted by atomic mass is 33.1. The molecule has 0 aliphatic heterocycles. The number of benzene rings is 4. The first-order valence-electron chi connectivity index (χ1n) is 16.7. The molecule has 8 rings (SSSR count). The van der Waals surface area contributed by atoms with E-state index in [2.05, 4.69) is 84.7 Å². The van der Waals surface area contributed by atoms with Crippen LogP contribution in [-0.4, -0.2) is 60.0 Å². The summed E-state index contributed by atoms with van der Waals surface area (Å²) in [7, 11) is 3.09. The van der Waals surface area contributed by atoms with Crippen LogP contribution >= 0.6 is 21.6 Å². The van der Waals surface area contributed by atoms with Crippen molar-refractivity contribution in [2.24, 2.45) is 0 Å². The first-order chi connectivity index (χ1) is 25.4. The van der Waals surface area contributed by atoms with Crippen LogP contribution in [0.5, 0.6) is 0 Å². The smallest absolute Gasteiger partial charge is 0.209 e. The molecule has 4 heterocycles. The summed E-state index contributed by atoms with van der Waals surface area (Å²) in [5.41, 5.74) is 10.2. The van der Waals surface area contributed by atoms with Crippen LogP contribution in [0.1, 0.15) is 33.4 Å². The van der Waals surface area contributed by atoms with E-state index in [0.29, 0.717) is 24.7 Å². The molecule has 0 atom stereocenters. The molecule has 0 N–H and O–H groups in total. The van der Waals surface area contributed by atoms with Crippen LogP contribution in [0, 0.1) is 27.7 Å². The maximum Gasteiger partial charge on any atom is 0.209 e. The van der Waals surface area contributed by atoms with Gasteiger partial charge in [-0.05, 0) is 94.1 Å². The molecule has 4 aromatic heterocycles. The minimum absolute atomic E-state index is 0.490. The van der Waals surface area contributed by atoms with E-state index in [1.807, 2.05) is 82.4 Å². The van der Waals surface area contributed by atoms with Crippen molar-refractivity contribution in [2.45, 2.75) is 50.8 Å². The summed E-state index contributed by atoms with van der Waals surface area (Å²) < 4.78 is 3.90. The lowest BCUT2D eigenvalue weighted by Crippen LogP contribution is -2.04. The second-order valence-corrected chi connectivity index (χ2v) is 14.7. The third kappa shape index (κ3) is 6.90. The Morgan fingerprint density at radius 1 is 0.519 bits per heavy atom. The van der Waals surface area contributed by atoms with Crippen LogP contribution in [0.2, 0.25) is 0 Å². The molecule has 0 bridgehead atoms. The van der Waals surface area contributed by atoms with Crippen LogP contribution < -0.4 is 0 Å². The van der Waals surface area contributed by atoms with Gasteiger partial charge in [-0.1, -0.05) is 96.1 Å². The molecular formula is C38H34N12S2. The lowest BCUT2D eigenvalue weighted by atomic mass is 10.1. The molecule has 14 heteroatoms. The van der Waals surface area contributed by atoms with Gasteiger partial charge in [-0.25, -0.2) is 9.36 Å². The van der Waals surface area contributed by atoms with Gasteiger partial charge < -0.3 is 0 Å². The zero-order chi connectivity index (χ0) is 35.6. The average Bonchev–Trinajstić information content (AvgIpc) is 3.96. The minimum atomic E-state index is 0.490. The van der Waals surface area contributed by atoms with Crippen molar-refractivity contribution < 1.29 is 0 Å². The van der Waals surface area contributed by atoms with Crippen LogP contribution in [-0.2, 0) is 13.1 Å². The molecule has 52 heavy (non-hydrogen) atoms. The number of aromatic nitrogens is 12. The minimum Gasteiger partial charge on any atom is -0.225 e. The highest BCUT2D eigenvalue weighted by molar-refractivity contribution is 8.76. The Morgan fingerprint density at radius 2 is 0.942 bits per heavy atom. The van der Waals surface area contributed by atoms with E-state index in [-0.39, 0.29) is 0 Å². The van der Waals surface area contributed by atoms with Gasteiger partial charge >= 0.3 is 0 Å². The van der Waals surface area contributed by atoms with Crippen molar-refractivity contribution in [3.8, 4) is 34.2 Å². The van der Waals surface area contributed by atoms with Gasteiger partial charge in [0.05, 0.1) is 48.0 Å². The molecule has 0 saturated heterocycles.